The zero-order valence-electron chi connectivity index (χ0n) is 13.9. The van der Waals surface area contributed by atoms with E-state index in [1.807, 2.05) is 33.8 Å². The lowest BCUT2D eigenvalue weighted by Crippen LogP contribution is -2.29. The molecular formula is C19H19N5O. The van der Waals surface area contributed by atoms with Crippen molar-refractivity contribution in [3.8, 4) is 11.1 Å². The van der Waals surface area contributed by atoms with E-state index in [2.05, 4.69) is 21.1 Å². The molecule has 5 rings (SSSR count). The van der Waals surface area contributed by atoms with Crippen LogP contribution in [0.1, 0.15) is 31.0 Å². The minimum Gasteiger partial charge on any atom is -0.342 e. The lowest BCUT2D eigenvalue weighted by Gasteiger charge is -2.15. The van der Waals surface area contributed by atoms with Gasteiger partial charge in [-0.25, -0.2) is 9.50 Å². The first-order valence-corrected chi connectivity index (χ1v) is 8.83. The van der Waals surface area contributed by atoms with Crippen molar-refractivity contribution in [1.82, 2.24) is 24.5 Å². The van der Waals surface area contributed by atoms with Gasteiger partial charge >= 0.3 is 0 Å². The van der Waals surface area contributed by atoms with Crippen LogP contribution in [0.4, 0.5) is 0 Å². The number of likely N-dealkylation sites (tertiary alicyclic amines) is 1. The Kier molecular flexibility index (Phi) is 3.29. The SMILES string of the molecule is O=C(C1CC1)N1CC[C@H](c2nc3ccc(-c4ccncc4)cn3n2)C1. The molecule has 0 radical (unpaired) electrons. The van der Waals surface area contributed by atoms with Gasteiger partial charge in [-0.1, -0.05) is 0 Å². The molecule has 1 saturated heterocycles. The monoisotopic (exact) mass is 333 g/mol. The molecule has 126 valence electrons. The predicted octanol–water partition coefficient (Wildman–Crippen LogP) is 2.52. The van der Waals surface area contributed by atoms with Gasteiger partial charge in [-0.2, -0.15) is 5.10 Å². The third-order valence-electron chi connectivity index (χ3n) is 5.15. The number of carbonyl (C=O) groups is 1. The first-order chi connectivity index (χ1) is 12.3. The summed E-state index contributed by atoms with van der Waals surface area (Å²) in [6.07, 6.45) is 8.65. The van der Waals surface area contributed by atoms with E-state index in [1.54, 1.807) is 12.4 Å². The third kappa shape index (κ3) is 2.67. The Balaban J connectivity index is 1.40. The molecule has 2 fully saturated rings. The molecule has 1 aliphatic carbocycles. The number of carbonyl (C=O) groups excluding carboxylic acids is 1. The number of hydrogen-bond acceptors (Lipinski definition) is 4. The number of hydrogen-bond donors (Lipinski definition) is 0. The largest absolute Gasteiger partial charge is 0.342 e. The number of rotatable bonds is 3. The van der Waals surface area contributed by atoms with Crippen LogP contribution in [0.15, 0.2) is 42.9 Å². The van der Waals surface area contributed by atoms with Gasteiger partial charge in [0, 0.05) is 49.1 Å². The molecule has 2 aliphatic rings. The van der Waals surface area contributed by atoms with Crippen molar-refractivity contribution in [2.24, 2.45) is 5.92 Å². The first-order valence-electron chi connectivity index (χ1n) is 8.83. The second kappa shape index (κ2) is 5.65. The summed E-state index contributed by atoms with van der Waals surface area (Å²) in [4.78, 5) is 23.0. The van der Waals surface area contributed by atoms with Crippen LogP contribution in [-0.4, -0.2) is 43.5 Å². The van der Waals surface area contributed by atoms with Gasteiger partial charge in [0.2, 0.25) is 5.91 Å². The van der Waals surface area contributed by atoms with Crippen LogP contribution in [0.2, 0.25) is 0 Å². The Morgan fingerprint density at radius 1 is 1.04 bits per heavy atom. The van der Waals surface area contributed by atoms with Crippen LogP contribution in [0.25, 0.3) is 16.8 Å². The zero-order chi connectivity index (χ0) is 16.8. The average Bonchev–Trinajstić information content (AvgIpc) is 3.23. The molecule has 1 saturated carbocycles. The second-order valence-electron chi connectivity index (χ2n) is 6.97. The van der Waals surface area contributed by atoms with Crippen LogP contribution in [-0.2, 0) is 4.79 Å². The number of fused-ring (bicyclic) bond motifs is 1. The fraction of sp³-hybridized carbons (Fsp3) is 0.368. The van der Waals surface area contributed by atoms with Crippen LogP contribution in [0.3, 0.4) is 0 Å². The first kappa shape index (κ1) is 14.6. The minimum absolute atomic E-state index is 0.243. The highest BCUT2D eigenvalue weighted by Gasteiger charge is 2.37. The minimum atomic E-state index is 0.243. The molecule has 0 unspecified atom stereocenters. The molecule has 6 nitrogen and oxygen atoms in total. The maximum atomic E-state index is 12.2. The van der Waals surface area contributed by atoms with E-state index in [0.717, 1.165) is 55.0 Å². The number of pyridine rings is 2. The van der Waals surface area contributed by atoms with Crippen molar-refractivity contribution in [3.05, 3.63) is 48.7 Å². The normalized spacial score (nSPS) is 20.3. The summed E-state index contributed by atoms with van der Waals surface area (Å²) in [6, 6.07) is 8.02. The molecule has 0 aromatic carbocycles. The molecule has 25 heavy (non-hydrogen) atoms. The Labute approximate surface area is 145 Å². The summed E-state index contributed by atoms with van der Waals surface area (Å²) >= 11 is 0. The van der Waals surface area contributed by atoms with E-state index < -0.39 is 0 Å². The lowest BCUT2D eigenvalue weighted by atomic mass is 10.1. The van der Waals surface area contributed by atoms with Gasteiger partial charge in [0.15, 0.2) is 11.5 Å². The van der Waals surface area contributed by atoms with Gasteiger partial charge in [0.05, 0.1) is 0 Å². The number of nitrogens with zero attached hydrogens (tertiary/aromatic N) is 5. The summed E-state index contributed by atoms with van der Waals surface area (Å²) in [5.41, 5.74) is 3.04. The molecule has 0 N–H and O–H groups in total. The standard InChI is InChI=1S/C19H19N5O/c25-19(14-1-2-14)23-10-7-16(11-23)18-21-17-4-3-15(12-24(17)22-18)13-5-8-20-9-6-13/h3-6,8-9,12,14,16H,1-2,7,10-11H2/t16-/m0/s1. The van der Waals surface area contributed by atoms with Crippen molar-refractivity contribution >= 4 is 11.6 Å². The van der Waals surface area contributed by atoms with Crippen LogP contribution >= 0.6 is 0 Å². The number of amides is 1. The van der Waals surface area contributed by atoms with Crippen molar-refractivity contribution in [1.29, 1.82) is 0 Å². The summed E-state index contributed by atoms with van der Waals surface area (Å²) in [5, 5.41) is 4.69. The molecule has 1 aliphatic heterocycles. The fourth-order valence-electron chi connectivity index (χ4n) is 3.55. The van der Waals surface area contributed by atoms with E-state index in [1.165, 1.54) is 0 Å². The molecule has 0 bridgehead atoms. The Hall–Kier alpha value is -2.76. The Bertz CT molecular complexity index is 931. The summed E-state index contributed by atoms with van der Waals surface area (Å²) < 4.78 is 1.84. The van der Waals surface area contributed by atoms with E-state index >= 15 is 0 Å². The van der Waals surface area contributed by atoms with Crippen LogP contribution < -0.4 is 0 Å². The third-order valence-corrected chi connectivity index (χ3v) is 5.15. The van der Waals surface area contributed by atoms with Crippen LogP contribution in [0, 0.1) is 5.92 Å². The predicted molar refractivity (Wildman–Crippen MR) is 92.9 cm³/mol. The van der Waals surface area contributed by atoms with Gasteiger partial charge in [-0.05, 0) is 49.1 Å². The smallest absolute Gasteiger partial charge is 0.225 e. The highest BCUT2D eigenvalue weighted by atomic mass is 16.2. The molecule has 4 heterocycles. The maximum Gasteiger partial charge on any atom is 0.225 e. The topological polar surface area (TPSA) is 63.4 Å². The molecule has 0 spiro atoms. The molecule has 3 aromatic rings. The number of aromatic nitrogens is 4. The average molecular weight is 333 g/mol. The van der Waals surface area contributed by atoms with Gasteiger partial charge in [0.25, 0.3) is 0 Å². The van der Waals surface area contributed by atoms with Gasteiger partial charge in [0.1, 0.15) is 0 Å². The summed E-state index contributed by atoms with van der Waals surface area (Å²) in [5.74, 6) is 1.70. The second-order valence-corrected chi connectivity index (χ2v) is 6.97. The highest BCUT2D eigenvalue weighted by molar-refractivity contribution is 5.81. The van der Waals surface area contributed by atoms with E-state index in [-0.39, 0.29) is 11.8 Å². The molecule has 1 amide bonds. The van der Waals surface area contributed by atoms with Crippen molar-refractivity contribution in [2.75, 3.05) is 13.1 Å². The zero-order valence-corrected chi connectivity index (χ0v) is 13.9. The van der Waals surface area contributed by atoms with E-state index in [0.29, 0.717) is 5.91 Å². The van der Waals surface area contributed by atoms with Crippen molar-refractivity contribution < 1.29 is 4.79 Å². The molecule has 3 aromatic heterocycles. The Morgan fingerprint density at radius 2 is 1.88 bits per heavy atom. The quantitative estimate of drug-likeness (QED) is 0.739. The fourth-order valence-corrected chi connectivity index (χ4v) is 3.55. The molecular weight excluding hydrogens is 314 g/mol. The van der Waals surface area contributed by atoms with E-state index in [4.69, 9.17) is 0 Å². The van der Waals surface area contributed by atoms with Gasteiger partial charge < -0.3 is 4.90 Å². The van der Waals surface area contributed by atoms with Crippen molar-refractivity contribution in [2.45, 2.75) is 25.2 Å². The highest BCUT2D eigenvalue weighted by Crippen LogP contribution is 2.34. The van der Waals surface area contributed by atoms with Crippen LogP contribution in [0.5, 0.6) is 0 Å². The Morgan fingerprint density at radius 3 is 2.68 bits per heavy atom. The van der Waals surface area contributed by atoms with Crippen molar-refractivity contribution in [3.63, 3.8) is 0 Å². The van der Waals surface area contributed by atoms with Gasteiger partial charge in [-0.3, -0.25) is 9.78 Å². The maximum absolute atomic E-state index is 12.2. The van der Waals surface area contributed by atoms with E-state index in [9.17, 15) is 4.79 Å². The summed E-state index contributed by atoms with van der Waals surface area (Å²) in [7, 11) is 0. The van der Waals surface area contributed by atoms with Gasteiger partial charge in [-0.15, -0.1) is 0 Å². The molecule has 6 heteroatoms. The lowest BCUT2D eigenvalue weighted by molar-refractivity contribution is -0.131. The summed E-state index contributed by atoms with van der Waals surface area (Å²) in [6.45, 7) is 1.58. The molecule has 1 atom stereocenters.